The average molecular weight is 436 g/mol. The molecular weight excluding hydrogens is 406 g/mol. The molecule has 32 heavy (non-hydrogen) atoms. The van der Waals surface area contributed by atoms with Crippen LogP contribution in [0.15, 0.2) is 138 Å². The third-order valence-electron chi connectivity index (χ3n) is 5.60. The van der Waals surface area contributed by atoms with Crippen molar-refractivity contribution in [2.75, 3.05) is 11.2 Å². The van der Waals surface area contributed by atoms with E-state index in [4.69, 9.17) is 0 Å². The summed E-state index contributed by atoms with van der Waals surface area (Å²) in [6.45, 7) is 6.34. The molecule has 2 aromatic rings. The van der Waals surface area contributed by atoms with Gasteiger partial charge in [-0.25, -0.2) is 0 Å². The highest BCUT2D eigenvalue weighted by atomic mass is 32.2. The van der Waals surface area contributed by atoms with Crippen molar-refractivity contribution < 1.29 is 0 Å². The third-order valence-corrected chi connectivity index (χ3v) is 7.18. The maximum Gasteiger partial charge on any atom is 0.0493 e. The van der Waals surface area contributed by atoms with E-state index in [-0.39, 0.29) is 10.5 Å². The molecule has 0 radical (unpaired) electrons. The molecule has 0 saturated heterocycles. The Balaban J connectivity index is 1.60. The van der Waals surface area contributed by atoms with Crippen molar-refractivity contribution in [3.8, 4) is 0 Å². The maximum atomic E-state index is 4.24. The SMILES string of the molecule is C=C1/C=C\C=C/N(c2cccc(C(/C=C\C=S(/C)c3ccccc3)=C/C)c2)C2=CCC=C12. The first-order chi connectivity index (χ1) is 15.7. The van der Waals surface area contributed by atoms with Gasteiger partial charge in [-0.3, -0.25) is 0 Å². The van der Waals surface area contributed by atoms with Crippen LogP contribution in [0.2, 0.25) is 0 Å². The van der Waals surface area contributed by atoms with Gasteiger partial charge in [0.25, 0.3) is 0 Å². The van der Waals surface area contributed by atoms with E-state index in [1.54, 1.807) is 0 Å². The lowest BCUT2D eigenvalue weighted by Crippen LogP contribution is -2.17. The highest BCUT2D eigenvalue weighted by Crippen LogP contribution is 2.35. The molecule has 2 aliphatic rings. The third kappa shape index (κ3) is 4.92. The molecule has 1 atom stereocenters. The van der Waals surface area contributed by atoms with Gasteiger partial charge in [-0.2, -0.15) is 10.5 Å². The lowest BCUT2D eigenvalue weighted by molar-refractivity contribution is 1.17. The van der Waals surface area contributed by atoms with Gasteiger partial charge in [-0.15, -0.1) is 0 Å². The number of hydrogen-bond acceptors (Lipinski definition) is 1. The molecule has 0 saturated carbocycles. The van der Waals surface area contributed by atoms with Crippen molar-refractivity contribution in [2.45, 2.75) is 18.2 Å². The second-order valence-electron chi connectivity index (χ2n) is 7.70. The van der Waals surface area contributed by atoms with Gasteiger partial charge >= 0.3 is 0 Å². The van der Waals surface area contributed by atoms with Gasteiger partial charge in [0.05, 0.1) is 0 Å². The fourth-order valence-electron chi connectivity index (χ4n) is 3.90. The number of rotatable bonds is 5. The predicted molar refractivity (Wildman–Crippen MR) is 144 cm³/mol. The lowest BCUT2D eigenvalue weighted by atomic mass is 10.0. The van der Waals surface area contributed by atoms with Crippen molar-refractivity contribution in [3.63, 3.8) is 0 Å². The van der Waals surface area contributed by atoms with E-state index in [1.165, 1.54) is 27.3 Å². The molecule has 1 unspecified atom stereocenters. The summed E-state index contributed by atoms with van der Waals surface area (Å²) in [5, 5.41) is 2.28. The second-order valence-corrected chi connectivity index (χ2v) is 9.56. The molecule has 0 bridgehead atoms. The molecule has 160 valence electrons. The largest absolute Gasteiger partial charge is 0.317 e. The minimum Gasteiger partial charge on any atom is -0.317 e. The smallest absolute Gasteiger partial charge is 0.0493 e. The molecule has 2 heteroatoms. The first-order valence-corrected chi connectivity index (χ1v) is 12.6. The summed E-state index contributed by atoms with van der Waals surface area (Å²) >= 11 is 0. The summed E-state index contributed by atoms with van der Waals surface area (Å²) in [6, 6.07) is 19.4. The van der Waals surface area contributed by atoms with Crippen LogP contribution in [0.5, 0.6) is 0 Å². The number of hydrogen-bond donors (Lipinski definition) is 0. The van der Waals surface area contributed by atoms with E-state index in [9.17, 15) is 0 Å². The van der Waals surface area contributed by atoms with Gasteiger partial charge in [0.15, 0.2) is 0 Å². The van der Waals surface area contributed by atoms with Gasteiger partial charge in [-0.1, -0.05) is 79.4 Å². The Kier molecular flexibility index (Phi) is 7.03. The molecule has 1 aliphatic carbocycles. The normalized spacial score (nSPS) is 19.2. The standard InChI is InChI=1S/C30H29NS/c1-4-25(15-12-22-32(3)28-17-6-5-7-18-28)26-14-10-16-27(23-26)31-21-9-8-13-24(2)29-19-11-20-30(29)31/h4-10,12-23H,2,11H2,1,3H3/b13-8-,15-12-,21-9-,25-4+. The van der Waals surface area contributed by atoms with E-state index < -0.39 is 0 Å². The molecule has 1 aliphatic heterocycles. The highest BCUT2D eigenvalue weighted by molar-refractivity contribution is 8.14. The zero-order valence-corrected chi connectivity index (χ0v) is 19.6. The molecule has 0 aromatic heterocycles. The molecule has 0 amide bonds. The van der Waals surface area contributed by atoms with E-state index in [0.29, 0.717) is 0 Å². The average Bonchev–Trinajstić information content (AvgIpc) is 3.30. The van der Waals surface area contributed by atoms with Crippen LogP contribution in [0, 0.1) is 0 Å². The summed E-state index contributed by atoms with van der Waals surface area (Å²) in [4.78, 5) is 3.62. The molecule has 0 N–H and O–H groups in total. The van der Waals surface area contributed by atoms with Crippen LogP contribution < -0.4 is 4.90 Å². The summed E-state index contributed by atoms with van der Waals surface area (Å²) < 4.78 is 0. The van der Waals surface area contributed by atoms with Crippen LogP contribution in [0.3, 0.4) is 0 Å². The molecule has 1 nitrogen and oxygen atoms in total. The van der Waals surface area contributed by atoms with Crippen molar-refractivity contribution in [2.24, 2.45) is 0 Å². The van der Waals surface area contributed by atoms with Crippen LogP contribution >= 0.6 is 10.5 Å². The Morgan fingerprint density at radius 3 is 2.69 bits per heavy atom. The quantitative estimate of drug-likeness (QED) is 0.261. The summed E-state index contributed by atoms with van der Waals surface area (Å²) in [7, 11) is 0.0887. The van der Waals surface area contributed by atoms with Crippen molar-refractivity contribution in [3.05, 3.63) is 138 Å². The molecule has 4 rings (SSSR count). The van der Waals surface area contributed by atoms with Crippen LogP contribution in [0.25, 0.3) is 5.57 Å². The minimum atomic E-state index is 0.0887. The Morgan fingerprint density at radius 2 is 1.88 bits per heavy atom. The van der Waals surface area contributed by atoms with E-state index in [0.717, 1.165) is 17.7 Å². The molecule has 1 heterocycles. The Hall–Kier alpha value is -3.36. The Labute approximate surface area is 194 Å². The minimum absolute atomic E-state index is 0.0887. The number of nitrogens with zero attached hydrogens (tertiary/aromatic N) is 1. The fourth-order valence-corrected chi connectivity index (χ4v) is 4.96. The van der Waals surface area contributed by atoms with E-state index in [1.807, 2.05) is 0 Å². The van der Waals surface area contributed by atoms with Crippen LogP contribution in [0.4, 0.5) is 5.69 Å². The van der Waals surface area contributed by atoms with Crippen LogP contribution in [-0.4, -0.2) is 11.6 Å². The molecule has 0 spiro atoms. The van der Waals surface area contributed by atoms with Crippen LogP contribution in [0.1, 0.15) is 18.9 Å². The van der Waals surface area contributed by atoms with E-state index >= 15 is 0 Å². The number of anilines is 1. The van der Waals surface area contributed by atoms with Crippen molar-refractivity contribution >= 4 is 27.1 Å². The Morgan fingerprint density at radius 1 is 1.03 bits per heavy atom. The zero-order chi connectivity index (χ0) is 22.3. The molecule has 2 aromatic carbocycles. The molecular formula is C30H29NS. The van der Waals surface area contributed by atoms with Gasteiger partial charge in [-0.05, 0) is 72.0 Å². The number of benzene rings is 2. The highest BCUT2D eigenvalue weighted by Gasteiger charge is 2.19. The van der Waals surface area contributed by atoms with Gasteiger partial charge in [0.2, 0.25) is 0 Å². The van der Waals surface area contributed by atoms with Crippen molar-refractivity contribution in [1.82, 2.24) is 0 Å². The van der Waals surface area contributed by atoms with Gasteiger partial charge < -0.3 is 4.90 Å². The van der Waals surface area contributed by atoms with Gasteiger partial charge in [0, 0.05) is 28.1 Å². The Bertz CT molecular complexity index is 1220. The first-order valence-electron chi connectivity index (χ1n) is 10.9. The van der Waals surface area contributed by atoms with Crippen molar-refractivity contribution in [1.29, 1.82) is 0 Å². The lowest BCUT2D eigenvalue weighted by Gasteiger charge is -2.26. The molecule has 0 fully saturated rings. The topological polar surface area (TPSA) is 3.24 Å². The van der Waals surface area contributed by atoms with Gasteiger partial charge in [0.1, 0.15) is 0 Å². The summed E-state index contributed by atoms with van der Waals surface area (Å²) in [6.07, 6.45) is 22.6. The van der Waals surface area contributed by atoms with E-state index in [2.05, 4.69) is 139 Å². The predicted octanol–water partition coefficient (Wildman–Crippen LogP) is 8.07. The fraction of sp³-hybridized carbons (Fsp3) is 0.100. The van der Waals surface area contributed by atoms with Crippen LogP contribution in [-0.2, 0) is 0 Å². The zero-order valence-electron chi connectivity index (χ0n) is 18.7. The number of fused-ring (bicyclic) bond motifs is 1. The second kappa shape index (κ2) is 10.3. The monoisotopic (exact) mass is 435 g/mol. The summed E-state index contributed by atoms with van der Waals surface area (Å²) in [5.41, 5.74) is 7.05. The summed E-state index contributed by atoms with van der Waals surface area (Å²) in [5.74, 6) is 0. The number of allylic oxidation sites excluding steroid dienone is 10. The maximum absolute atomic E-state index is 4.24. The first kappa shape index (κ1) is 21.9.